The summed E-state index contributed by atoms with van der Waals surface area (Å²) in [5, 5.41) is 11.1. The Morgan fingerprint density at radius 3 is 2.63 bits per heavy atom. The van der Waals surface area contributed by atoms with Crippen LogP contribution in [-0.4, -0.2) is 27.8 Å². The number of nitrogens with zero attached hydrogens (tertiary/aromatic N) is 3. The van der Waals surface area contributed by atoms with Crippen molar-refractivity contribution in [2.75, 3.05) is 17.7 Å². The standard InChI is InChI=1S/C18H19ClN6O2/c1-11-8-17(23-25(11)2)22-16-9-15(13(19)10-20-16)21-14-7-5-4-6-12(14)18(26)24-27-3/h4-10H,1-3H3,(H,24,26)(H2,20,21,22,23). The Bertz CT molecular complexity index is 953. The van der Waals surface area contributed by atoms with Gasteiger partial charge in [-0.2, -0.15) is 5.10 Å². The van der Waals surface area contributed by atoms with E-state index in [0.29, 0.717) is 33.6 Å². The highest BCUT2D eigenvalue weighted by molar-refractivity contribution is 6.33. The molecule has 0 bridgehead atoms. The molecular weight excluding hydrogens is 368 g/mol. The van der Waals surface area contributed by atoms with Crippen molar-refractivity contribution >= 4 is 40.5 Å². The Balaban J connectivity index is 1.86. The van der Waals surface area contributed by atoms with Crippen LogP contribution in [0.4, 0.5) is 23.0 Å². The molecular formula is C18H19ClN6O2. The number of rotatable bonds is 6. The van der Waals surface area contributed by atoms with Crippen LogP contribution in [0.3, 0.4) is 0 Å². The number of carbonyl (C=O) groups is 1. The minimum absolute atomic E-state index is 0.368. The number of hydrogen-bond acceptors (Lipinski definition) is 6. The molecule has 8 nitrogen and oxygen atoms in total. The first kappa shape index (κ1) is 18.7. The summed E-state index contributed by atoms with van der Waals surface area (Å²) in [5.41, 5.74) is 4.92. The van der Waals surface area contributed by atoms with Crippen LogP contribution >= 0.6 is 11.6 Å². The van der Waals surface area contributed by atoms with E-state index in [1.54, 1.807) is 28.9 Å². The van der Waals surface area contributed by atoms with E-state index in [0.717, 1.165) is 5.69 Å². The van der Waals surface area contributed by atoms with Crippen molar-refractivity contribution in [1.29, 1.82) is 0 Å². The summed E-state index contributed by atoms with van der Waals surface area (Å²) in [6.45, 7) is 1.96. The van der Waals surface area contributed by atoms with Crippen LogP contribution in [-0.2, 0) is 11.9 Å². The summed E-state index contributed by atoms with van der Waals surface area (Å²) in [6, 6.07) is 10.7. The molecule has 27 heavy (non-hydrogen) atoms. The van der Waals surface area contributed by atoms with Gasteiger partial charge in [-0.25, -0.2) is 10.5 Å². The van der Waals surface area contributed by atoms with Crippen molar-refractivity contribution in [3.05, 3.63) is 58.9 Å². The summed E-state index contributed by atoms with van der Waals surface area (Å²) in [5.74, 6) is 0.877. The first-order chi connectivity index (χ1) is 13.0. The van der Waals surface area contributed by atoms with Gasteiger partial charge in [0.15, 0.2) is 5.82 Å². The number of hydroxylamine groups is 1. The minimum atomic E-state index is -0.368. The fraction of sp³-hybridized carbons (Fsp3) is 0.167. The number of carbonyl (C=O) groups excluding carboxylic acids is 1. The lowest BCUT2D eigenvalue weighted by Gasteiger charge is -2.13. The molecule has 0 unspecified atom stereocenters. The normalized spacial score (nSPS) is 10.5. The molecule has 1 amide bonds. The number of amides is 1. The topological polar surface area (TPSA) is 93.1 Å². The van der Waals surface area contributed by atoms with Crippen molar-refractivity contribution in [1.82, 2.24) is 20.2 Å². The molecule has 0 aliphatic rings. The van der Waals surface area contributed by atoms with Gasteiger partial charge < -0.3 is 10.6 Å². The van der Waals surface area contributed by atoms with Gasteiger partial charge in [0.2, 0.25) is 0 Å². The number of anilines is 4. The highest BCUT2D eigenvalue weighted by Crippen LogP contribution is 2.29. The van der Waals surface area contributed by atoms with Gasteiger partial charge >= 0.3 is 0 Å². The van der Waals surface area contributed by atoms with E-state index in [1.165, 1.54) is 13.3 Å². The third-order valence-corrected chi connectivity index (χ3v) is 4.16. The number of benzene rings is 1. The fourth-order valence-corrected chi connectivity index (χ4v) is 2.59. The van der Waals surface area contributed by atoms with Gasteiger partial charge in [-0.05, 0) is 19.1 Å². The first-order valence-corrected chi connectivity index (χ1v) is 8.48. The fourth-order valence-electron chi connectivity index (χ4n) is 2.44. The molecule has 0 radical (unpaired) electrons. The smallest absolute Gasteiger partial charge is 0.276 e. The van der Waals surface area contributed by atoms with Crippen LogP contribution in [0.5, 0.6) is 0 Å². The quantitative estimate of drug-likeness (QED) is 0.561. The molecule has 0 saturated heterocycles. The molecule has 0 fully saturated rings. The summed E-state index contributed by atoms with van der Waals surface area (Å²) in [4.78, 5) is 21.1. The Kier molecular flexibility index (Phi) is 5.58. The van der Waals surface area contributed by atoms with Crippen molar-refractivity contribution in [2.24, 2.45) is 7.05 Å². The van der Waals surface area contributed by atoms with Crippen LogP contribution in [0.25, 0.3) is 0 Å². The predicted octanol–water partition coefficient (Wildman–Crippen LogP) is 3.56. The lowest BCUT2D eigenvalue weighted by molar-refractivity contribution is 0.0538. The molecule has 3 N–H and O–H groups in total. The lowest BCUT2D eigenvalue weighted by Crippen LogP contribution is -2.22. The Hall–Kier alpha value is -3.10. The average Bonchev–Trinajstić information content (AvgIpc) is 2.96. The summed E-state index contributed by atoms with van der Waals surface area (Å²) < 4.78 is 1.77. The lowest BCUT2D eigenvalue weighted by atomic mass is 10.1. The molecule has 2 heterocycles. The highest BCUT2D eigenvalue weighted by Gasteiger charge is 2.13. The number of pyridine rings is 1. The number of hydrogen-bond donors (Lipinski definition) is 3. The van der Waals surface area contributed by atoms with Gasteiger partial charge in [-0.1, -0.05) is 23.7 Å². The zero-order chi connectivity index (χ0) is 19.4. The summed E-state index contributed by atoms with van der Waals surface area (Å²) >= 11 is 6.27. The number of para-hydroxylation sites is 1. The van der Waals surface area contributed by atoms with E-state index in [-0.39, 0.29) is 5.91 Å². The van der Waals surface area contributed by atoms with Gasteiger partial charge in [0.1, 0.15) is 5.82 Å². The predicted molar refractivity (Wildman–Crippen MR) is 105 cm³/mol. The van der Waals surface area contributed by atoms with Crippen molar-refractivity contribution < 1.29 is 9.63 Å². The zero-order valence-corrected chi connectivity index (χ0v) is 15.8. The average molecular weight is 387 g/mol. The van der Waals surface area contributed by atoms with E-state index >= 15 is 0 Å². The zero-order valence-electron chi connectivity index (χ0n) is 15.1. The van der Waals surface area contributed by atoms with E-state index in [1.807, 2.05) is 26.1 Å². The van der Waals surface area contributed by atoms with Crippen molar-refractivity contribution in [3.8, 4) is 0 Å². The summed E-state index contributed by atoms with van der Waals surface area (Å²) in [6.07, 6.45) is 1.53. The molecule has 3 aromatic rings. The van der Waals surface area contributed by atoms with E-state index in [9.17, 15) is 4.79 Å². The Labute approximate surface area is 161 Å². The molecule has 1 aromatic carbocycles. The first-order valence-electron chi connectivity index (χ1n) is 8.10. The number of aryl methyl sites for hydroxylation is 2. The number of aromatic nitrogens is 3. The molecule has 0 saturated carbocycles. The van der Waals surface area contributed by atoms with E-state index < -0.39 is 0 Å². The van der Waals surface area contributed by atoms with Gasteiger partial charge in [0, 0.05) is 24.9 Å². The van der Waals surface area contributed by atoms with Gasteiger partial charge in [-0.3, -0.25) is 14.3 Å². The molecule has 0 aliphatic heterocycles. The van der Waals surface area contributed by atoms with Crippen LogP contribution in [0.15, 0.2) is 42.6 Å². The summed E-state index contributed by atoms with van der Waals surface area (Å²) in [7, 11) is 3.25. The maximum Gasteiger partial charge on any atom is 0.276 e. The monoisotopic (exact) mass is 386 g/mol. The van der Waals surface area contributed by atoms with Gasteiger partial charge in [0.05, 0.1) is 35.3 Å². The maximum atomic E-state index is 12.1. The van der Waals surface area contributed by atoms with Crippen LogP contribution in [0, 0.1) is 6.92 Å². The molecule has 0 aliphatic carbocycles. The van der Waals surface area contributed by atoms with E-state index in [2.05, 4.69) is 26.2 Å². The molecule has 3 rings (SSSR count). The van der Waals surface area contributed by atoms with Crippen molar-refractivity contribution in [2.45, 2.75) is 6.92 Å². The second kappa shape index (κ2) is 8.07. The second-order valence-electron chi connectivity index (χ2n) is 5.77. The van der Waals surface area contributed by atoms with Gasteiger partial charge in [0.25, 0.3) is 5.91 Å². The largest absolute Gasteiger partial charge is 0.353 e. The third kappa shape index (κ3) is 4.36. The highest BCUT2D eigenvalue weighted by atomic mass is 35.5. The SMILES string of the molecule is CONC(=O)c1ccccc1Nc1cc(Nc2cc(C)n(C)n2)ncc1Cl. The maximum absolute atomic E-state index is 12.1. The molecule has 0 atom stereocenters. The number of nitrogens with one attached hydrogen (secondary N) is 3. The number of halogens is 1. The van der Waals surface area contributed by atoms with Crippen LogP contribution in [0.1, 0.15) is 16.1 Å². The second-order valence-corrected chi connectivity index (χ2v) is 6.18. The Morgan fingerprint density at radius 1 is 1.15 bits per heavy atom. The molecule has 2 aromatic heterocycles. The van der Waals surface area contributed by atoms with Crippen molar-refractivity contribution in [3.63, 3.8) is 0 Å². The molecule has 140 valence electrons. The minimum Gasteiger partial charge on any atom is -0.353 e. The van der Waals surface area contributed by atoms with Crippen LogP contribution in [0.2, 0.25) is 5.02 Å². The van der Waals surface area contributed by atoms with Gasteiger partial charge in [-0.15, -0.1) is 0 Å². The molecule has 9 heteroatoms. The van der Waals surface area contributed by atoms with E-state index in [4.69, 9.17) is 16.4 Å². The molecule has 0 spiro atoms. The van der Waals surface area contributed by atoms with Crippen LogP contribution < -0.4 is 16.1 Å². The Morgan fingerprint density at radius 2 is 1.93 bits per heavy atom. The third-order valence-electron chi connectivity index (χ3n) is 3.86.